The van der Waals surface area contributed by atoms with Crippen LogP contribution in [0, 0.1) is 24.0 Å². The van der Waals surface area contributed by atoms with Gasteiger partial charge in [0.15, 0.2) is 0 Å². The van der Waals surface area contributed by atoms with E-state index in [0.717, 1.165) is 29.0 Å². The van der Waals surface area contributed by atoms with Crippen LogP contribution in [0.4, 0.5) is 0 Å². The second kappa shape index (κ2) is 4.83. The normalized spacial score (nSPS) is 11.0. The topological polar surface area (TPSA) is 61.0 Å². The highest BCUT2D eigenvalue weighted by atomic mass is 16.6. The van der Waals surface area contributed by atoms with E-state index < -0.39 is 4.92 Å². The minimum atomic E-state index is -0.465. The molecule has 0 radical (unpaired) electrons. The van der Waals surface area contributed by atoms with Gasteiger partial charge in [-0.25, -0.2) is 4.98 Å². The van der Waals surface area contributed by atoms with E-state index in [2.05, 4.69) is 4.98 Å². The average molecular weight is 243 g/mol. The van der Waals surface area contributed by atoms with Crippen LogP contribution in [0.1, 0.15) is 17.0 Å². The maximum atomic E-state index is 10.3. The first kappa shape index (κ1) is 12.0. The van der Waals surface area contributed by atoms with Gasteiger partial charge in [-0.15, -0.1) is 0 Å². The Hall–Kier alpha value is -2.43. The minimum absolute atomic E-state index is 0.465. The molecular formula is C13H13N3O2. The Bertz CT molecular complexity index is 600. The molecule has 0 spiro atoms. The van der Waals surface area contributed by atoms with Gasteiger partial charge in [0.1, 0.15) is 5.82 Å². The lowest BCUT2D eigenvalue weighted by Crippen LogP contribution is -2.01. The standard InChI is InChI=1S/C13H13N3O2/c1-10-9-12(6-8-15(17)18)11(2)16(10)13-5-3-4-7-14-13/h3-9H,1-2H3. The van der Waals surface area contributed by atoms with Crippen molar-refractivity contribution in [2.75, 3.05) is 0 Å². The number of rotatable bonds is 3. The number of hydrogen-bond acceptors (Lipinski definition) is 3. The molecule has 2 aromatic rings. The van der Waals surface area contributed by atoms with Crippen LogP contribution in [0.15, 0.2) is 36.7 Å². The Balaban J connectivity index is 2.48. The van der Waals surface area contributed by atoms with Crippen molar-refractivity contribution < 1.29 is 4.92 Å². The number of nitro groups is 1. The van der Waals surface area contributed by atoms with Crippen molar-refractivity contribution in [2.24, 2.45) is 0 Å². The van der Waals surface area contributed by atoms with Crippen LogP contribution in [-0.4, -0.2) is 14.5 Å². The van der Waals surface area contributed by atoms with Gasteiger partial charge < -0.3 is 4.57 Å². The van der Waals surface area contributed by atoms with Crippen molar-refractivity contribution in [3.05, 3.63) is 63.7 Å². The van der Waals surface area contributed by atoms with Crippen LogP contribution < -0.4 is 0 Å². The summed E-state index contributed by atoms with van der Waals surface area (Å²) in [4.78, 5) is 14.2. The summed E-state index contributed by atoms with van der Waals surface area (Å²) in [5.74, 6) is 0.813. The molecule has 0 aliphatic carbocycles. The first-order chi connectivity index (χ1) is 8.59. The van der Waals surface area contributed by atoms with E-state index in [9.17, 15) is 10.1 Å². The quantitative estimate of drug-likeness (QED) is 0.615. The molecule has 2 aromatic heterocycles. The summed E-state index contributed by atoms with van der Waals surface area (Å²) in [7, 11) is 0. The number of aromatic nitrogens is 2. The zero-order valence-corrected chi connectivity index (χ0v) is 10.2. The summed E-state index contributed by atoms with van der Waals surface area (Å²) in [5, 5.41) is 10.3. The Morgan fingerprint density at radius 3 is 2.78 bits per heavy atom. The maximum Gasteiger partial charge on any atom is 0.235 e. The second-order valence-electron chi connectivity index (χ2n) is 3.95. The largest absolute Gasteiger partial charge is 0.303 e. The summed E-state index contributed by atoms with van der Waals surface area (Å²) in [6.07, 6.45) is 4.17. The van der Waals surface area contributed by atoms with Gasteiger partial charge >= 0.3 is 0 Å². The molecule has 92 valence electrons. The lowest BCUT2D eigenvalue weighted by molar-refractivity contribution is -0.400. The van der Waals surface area contributed by atoms with Gasteiger partial charge in [0.25, 0.3) is 0 Å². The number of hydrogen-bond donors (Lipinski definition) is 0. The van der Waals surface area contributed by atoms with Crippen LogP contribution in [0.3, 0.4) is 0 Å². The molecule has 0 aliphatic rings. The zero-order valence-electron chi connectivity index (χ0n) is 10.2. The average Bonchev–Trinajstić information content (AvgIpc) is 2.63. The van der Waals surface area contributed by atoms with E-state index in [1.54, 1.807) is 6.20 Å². The molecule has 18 heavy (non-hydrogen) atoms. The van der Waals surface area contributed by atoms with Crippen LogP contribution in [0.2, 0.25) is 0 Å². The fourth-order valence-electron chi connectivity index (χ4n) is 1.94. The van der Waals surface area contributed by atoms with Crippen molar-refractivity contribution in [3.63, 3.8) is 0 Å². The minimum Gasteiger partial charge on any atom is -0.303 e. The van der Waals surface area contributed by atoms with Crippen molar-refractivity contribution in [1.82, 2.24) is 9.55 Å². The highest BCUT2D eigenvalue weighted by Crippen LogP contribution is 2.20. The van der Waals surface area contributed by atoms with Crippen molar-refractivity contribution in [3.8, 4) is 5.82 Å². The Labute approximate surface area is 105 Å². The van der Waals surface area contributed by atoms with Crippen molar-refractivity contribution in [1.29, 1.82) is 0 Å². The molecule has 0 amide bonds. The van der Waals surface area contributed by atoms with Crippen LogP contribution in [-0.2, 0) is 0 Å². The SMILES string of the molecule is Cc1cc(C=C[N+](=O)[O-])c(C)n1-c1ccccn1. The Kier molecular flexibility index (Phi) is 3.23. The maximum absolute atomic E-state index is 10.3. The summed E-state index contributed by atoms with van der Waals surface area (Å²) in [6, 6.07) is 7.57. The second-order valence-corrected chi connectivity index (χ2v) is 3.95. The van der Waals surface area contributed by atoms with Gasteiger partial charge in [-0.1, -0.05) is 6.07 Å². The molecule has 0 saturated heterocycles. The molecule has 0 unspecified atom stereocenters. The third-order valence-corrected chi connectivity index (χ3v) is 2.72. The predicted octanol–water partition coefficient (Wildman–Crippen LogP) is 2.74. The van der Waals surface area contributed by atoms with Gasteiger partial charge in [0.05, 0.1) is 4.92 Å². The third-order valence-electron chi connectivity index (χ3n) is 2.72. The first-order valence-electron chi connectivity index (χ1n) is 5.51. The van der Waals surface area contributed by atoms with Gasteiger partial charge in [0, 0.05) is 29.2 Å². The molecule has 2 heterocycles. The van der Waals surface area contributed by atoms with Gasteiger partial charge in [0.2, 0.25) is 6.20 Å². The first-order valence-corrected chi connectivity index (χ1v) is 5.51. The molecule has 0 aromatic carbocycles. The molecule has 0 fully saturated rings. The summed E-state index contributed by atoms with van der Waals surface area (Å²) in [5.41, 5.74) is 2.76. The lowest BCUT2D eigenvalue weighted by atomic mass is 10.2. The number of nitrogens with zero attached hydrogens (tertiary/aromatic N) is 3. The Morgan fingerprint density at radius 1 is 1.39 bits per heavy atom. The molecule has 0 atom stereocenters. The van der Waals surface area contributed by atoms with E-state index in [-0.39, 0.29) is 0 Å². The van der Waals surface area contributed by atoms with Crippen LogP contribution >= 0.6 is 0 Å². The summed E-state index contributed by atoms with van der Waals surface area (Å²) in [6.45, 7) is 3.87. The van der Waals surface area contributed by atoms with Gasteiger partial charge in [-0.2, -0.15) is 0 Å². The van der Waals surface area contributed by atoms with Crippen LogP contribution in [0.5, 0.6) is 0 Å². The van der Waals surface area contributed by atoms with E-state index in [1.165, 1.54) is 6.08 Å². The third kappa shape index (κ3) is 2.29. The Morgan fingerprint density at radius 2 is 2.17 bits per heavy atom. The van der Waals surface area contributed by atoms with Crippen LogP contribution in [0.25, 0.3) is 11.9 Å². The number of pyridine rings is 1. The fraction of sp³-hybridized carbons (Fsp3) is 0.154. The highest BCUT2D eigenvalue weighted by Gasteiger charge is 2.09. The molecular weight excluding hydrogens is 230 g/mol. The summed E-state index contributed by atoms with van der Waals surface area (Å²) < 4.78 is 1.97. The summed E-state index contributed by atoms with van der Waals surface area (Å²) >= 11 is 0. The zero-order chi connectivity index (χ0) is 13.1. The fourth-order valence-corrected chi connectivity index (χ4v) is 1.94. The van der Waals surface area contributed by atoms with E-state index >= 15 is 0 Å². The molecule has 2 rings (SSSR count). The lowest BCUT2D eigenvalue weighted by Gasteiger charge is -2.07. The van der Waals surface area contributed by atoms with Gasteiger partial charge in [-0.05, 0) is 32.0 Å². The monoisotopic (exact) mass is 243 g/mol. The van der Waals surface area contributed by atoms with E-state index in [0.29, 0.717) is 0 Å². The smallest absolute Gasteiger partial charge is 0.235 e. The molecule has 0 N–H and O–H groups in total. The van der Waals surface area contributed by atoms with Crippen molar-refractivity contribution in [2.45, 2.75) is 13.8 Å². The van der Waals surface area contributed by atoms with Gasteiger partial charge in [-0.3, -0.25) is 10.1 Å². The predicted molar refractivity (Wildman–Crippen MR) is 69.1 cm³/mol. The molecule has 0 bridgehead atoms. The van der Waals surface area contributed by atoms with Crippen molar-refractivity contribution >= 4 is 6.08 Å². The molecule has 5 nitrogen and oxygen atoms in total. The van der Waals surface area contributed by atoms with E-state index in [1.807, 2.05) is 42.7 Å². The van der Waals surface area contributed by atoms with E-state index in [4.69, 9.17) is 0 Å². The highest BCUT2D eigenvalue weighted by molar-refractivity contribution is 5.54. The number of aryl methyl sites for hydroxylation is 1. The molecule has 0 saturated carbocycles. The molecule has 5 heteroatoms. The molecule has 0 aliphatic heterocycles.